The Balaban J connectivity index is 0.909. The highest BCUT2D eigenvalue weighted by Crippen LogP contribution is 2.62. The van der Waals surface area contributed by atoms with Crippen LogP contribution in [0.15, 0.2) is 285 Å². The smallest absolute Gasteiger partial charge is 0.0623 e. The van der Waals surface area contributed by atoms with Crippen molar-refractivity contribution in [2.75, 3.05) is 4.90 Å². The Labute approximate surface area is 454 Å². The zero-order valence-electron chi connectivity index (χ0n) is 43.0. The lowest BCUT2D eigenvalue weighted by Gasteiger charge is -2.31. The van der Waals surface area contributed by atoms with Crippen LogP contribution in [0.1, 0.15) is 23.6 Å². The number of benzene rings is 13. The summed E-state index contributed by atoms with van der Waals surface area (Å²) in [5, 5.41) is 7.40. The quantitative estimate of drug-likeness (QED) is 0.147. The first-order chi connectivity index (χ1) is 38.6. The van der Waals surface area contributed by atoms with Gasteiger partial charge in [-0.05, 0) is 138 Å². The van der Waals surface area contributed by atoms with Gasteiger partial charge in [0.25, 0.3) is 0 Å². The fourth-order valence-electron chi connectivity index (χ4n) is 13.5. The minimum absolute atomic E-state index is 0.489. The standard InChI is InChI=1S/C76H50N2/c1-76(58-43-40-52(41-44-58)49-18-3-2-4-19-49)67-29-17-28-64-62-26-11-15-32-70(62)78-71-33-16-12-27-63(71)66-48-65(74(76)73(72(64)67)75(66)78)54-37-35-53(36-38-54)60-24-9-13-30-68(60)77(59-45-42-51-21-6-8-23-56(51)47-59)69-31-14-10-25-61(69)57-39-34-50-20-5-7-22-55(50)46-57/h2-48H,1H3. The van der Waals surface area contributed by atoms with Gasteiger partial charge in [-0.15, -0.1) is 0 Å². The Morgan fingerprint density at radius 2 is 0.872 bits per heavy atom. The molecule has 2 heteroatoms. The zero-order valence-corrected chi connectivity index (χ0v) is 43.0. The van der Waals surface area contributed by atoms with Crippen LogP contribution in [0.5, 0.6) is 0 Å². The fraction of sp³-hybridized carbons (Fsp3) is 0.0263. The van der Waals surface area contributed by atoms with Crippen molar-refractivity contribution in [1.82, 2.24) is 4.57 Å². The summed E-state index contributed by atoms with van der Waals surface area (Å²) < 4.78 is 2.57. The molecule has 1 aliphatic carbocycles. The Morgan fingerprint density at radius 3 is 1.62 bits per heavy atom. The maximum Gasteiger partial charge on any atom is 0.0623 e. The third kappa shape index (κ3) is 6.57. The average Bonchev–Trinajstić information content (AvgIpc) is 3.80. The van der Waals surface area contributed by atoms with Gasteiger partial charge in [0.1, 0.15) is 0 Å². The van der Waals surface area contributed by atoms with Crippen molar-refractivity contribution < 1.29 is 0 Å². The molecule has 2 nitrogen and oxygen atoms in total. The molecule has 1 aromatic heterocycles. The van der Waals surface area contributed by atoms with Crippen molar-refractivity contribution in [2.45, 2.75) is 12.3 Å². The monoisotopic (exact) mass is 990 g/mol. The molecule has 0 fully saturated rings. The largest absolute Gasteiger partial charge is 0.309 e. The second kappa shape index (κ2) is 17.3. The van der Waals surface area contributed by atoms with Crippen LogP contribution in [0.2, 0.25) is 0 Å². The van der Waals surface area contributed by atoms with Crippen molar-refractivity contribution in [3.63, 3.8) is 0 Å². The first kappa shape index (κ1) is 44.3. The van der Waals surface area contributed by atoms with E-state index in [4.69, 9.17) is 0 Å². The van der Waals surface area contributed by atoms with Crippen LogP contribution in [-0.2, 0) is 5.41 Å². The molecule has 1 atom stereocenters. The van der Waals surface area contributed by atoms with E-state index >= 15 is 0 Å². The molecule has 0 spiro atoms. The molecule has 0 amide bonds. The van der Waals surface area contributed by atoms with E-state index in [1.807, 2.05) is 0 Å². The topological polar surface area (TPSA) is 8.17 Å². The average molecular weight is 991 g/mol. The van der Waals surface area contributed by atoms with Crippen molar-refractivity contribution in [2.24, 2.45) is 0 Å². The van der Waals surface area contributed by atoms with Crippen LogP contribution >= 0.6 is 0 Å². The maximum atomic E-state index is 2.57. The van der Waals surface area contributed by atoms with E-state index in [1.54, 1.807) is 0 Å². The molecule has 14 aromatic rings. The van der Waals surface area contributed by atoms with Gasteiger partial charge in [-0.3, -0.25) is 0 Å². The summed E-state index contributed by atoms with van der Waals surface area (Å²) in [5.74, 6) is 0. The Morgan fingerprint density at radius 1 is 0.333 bits per heavy atom. The van der Waals surface area contributed by atoms with Crippen LogP contribution in [0, 0.1) is 0 Å². The van der Waals surface area contributed by atoms with Gasteiger partial charge < -0.3 is 9.47 Å². The molecule has 1 aliphatic heterocycles. The van der Waals surface area contributed by atoms with E-state index in [0.29, 0.717) is 0 Å². The second-order valence-corrected chi connectivity index (χ2v) is 21.3. The Kier molecular flexibility index (Phi) is 9.80. The molecule has 0 saturated heterocycles. The van der Waals surface area contributed by atoms with Crippen LogP contribution < -0.4 is 4.90 Å². The molecule has 0 saturated carbocycles. The van der Waals surface area contributed by atoms with E-state index < -0.39 is 5.41 Å². The lowest BCUT2D eigenvalue weighted by atomic mass is 9.71. The molecule has 364 valence electrons. The number of aromatic nitrogens is 1. The summed E-state index contributed by atoms with van der Waals surface area (Å²) in [6, 6.07) is 106. The molecule has 78 heavy (non-hydrogen) atoms. The van der Waals surface area contributed by atoms with Gasteiger partial charge in [-0.25, -0.2) is 0 Å². The lowest BCUT2D eigenvalue weighted by molar-refractivity contribution is 0.716. The SMILES string of the molecule is CC1(c2ccc(-c3ccccc3)cc2)c2cccc3c2-c2c1c(-c1ccc(-c4ccccc4N(c4ccc5ccccc5c4)c4ccccc4-c4ccc5ccccc5c4)cc1)cc1c4ccccc4n(c21)-c1ccccc1-3. The number of hydrogen-bond donors (Lipinski definition) is 0. The summed E-state index contributed by atoms with van der Waals surface area (Å²) in [6.45, 7) is 2.48. The fourth-order valence-corrected chi connectivity index (χ4v) is 13.5. The number of anilines is 3. The van der Waals surface area contributed by atoms with Crippen LogP contribution in [0.25, 0.3) is 116 Å². The summed E-state index contributed by atoms with van der Waals surface area (Å²) in [6.07, 6.45) is 0. The van der Waals surface area contributed by atoms with Gasteiger partial charge in [0.05, 0.1) is 28.1 Å². The van der Waals surface area contributed by atoms with Gasteiger partial charge in [-0.1, -0.05) is 237 Å². The summed E-state index contributed by atoms with van der Waals surface area (Å²) in [7, 11) is 0. The van der Waals surface area contributed by atoms with Gasteiger partial charge in [0, 0.05) is 44.1 Å². The molecule has 0 radical (unpaired) electrons. The summed E-state index contributed by atoms with van der Waals surface area (Å²) in [5.41, 5.74) is 25.3. The number of rotatable bonds is 8. The van der Waals surface area contributed by atoms with Crippen LogP contribution in [0.4, 0.5) is 17.1 Å². The summed E-state index contributed by atoms with van der Waals surface area (Å²) >= 11 is 0. The number of hydrogen-bond acceptors (Lipinski definition) is 1. The van der Waals surface area contributed by atoms with Gasteiger partial charge in [-0.2, -0.15) is 0 Å². The van der Waals surface area contributed by atoms with Crippen molar-refractivity contribution in [1.29, 1.82) is 0 Å². The predicted octanol–water partition coefficient (Wildman–Crippen LogP) is 20.5. The Bertz CT molecular complexity index is 4730. The minimum atomic E-state index is -0.489. The Hall–Kier alpha value is -10.0. The zero-order chi connectivity index (χ0) is 51.5. The van der Waals surface area contributed by atoms with Crippen molar-refractivity contribution >= 4 is 60.4 Å². The molecule has 1 unspecified atom stereocenters. The second-order valence-electron chi connectivity index (χ2n) is 21.3. The highest BCUT2D eigenvalue weighted by atomic mass is 15.1. The molecule has 0 bridgehead atoms. The number of para-hydroxylation sites is 4. The van der Waals surface area contributed by atoms with Crippen LogP contribution in [0.3, 0.4) is 0 Å². The van der Waals surface area contributed by atoms with Crippen molar-refractivity contribution in [3.8, 4) is 72.4 Å². The van der Waals surface area contributed by atoms with Crippen LogP contribution in [-0.4, -0.2) is 4.57 Å². The highest BCUT2D eigenvalue weighted by Gasteiger charge is 2.46. The molecule has 13 aromatic carbocycles. The molecular formula is C76H50N2. The first-order valence-electron chi connectivity index (χ1n) is 27.2. The first-order valence-corrected chi connectivity index (χ1v) is 27.2. The van der Waals surface area contributed by atoms with E-state index in [-0.39, 0.29) is 0 Å². The minimum Gasteiger partial charge on any atom is -0.309 e. The van der Waals surface area contributed by atoms with E-state index in [9.17, 15) is 0 Å². The predicted molar refractivity (Wildman–Crippen MR) is 329 cm³/mol. The molecule has 16 rings (SSSR count). The normalized spacial score (nSPS) is 14.0. The van der Waals surface area contributed by atoms with E-state index in [2.05, 4.69) is 302 Å². The number of fused-ring (bicyclic) bond motifs is 8. The van der Waals surface area contributed by atoms with Gasteiger partial charge >= 0.3 is 0 Å². The molecular weight excluding hydrogens is 941 g/mol. The number of nitrogens with zero attached hydrogens (tertiary/aromatic N) is 2. The molecule has 2 heterocycles. The summed E-state index contributed by atoms with van der Waals surface area (Å²) in [4.78, 5) is 2.47. The molecule has 0 N–H and O–H groups in total. The molecule has 2 aliphatic rings. The maximum absolute atomic E-state index is 2.57. The van der Waals surface area contributed by atoms with Crippen molar-refractivity contribution in [3.05, 3.63) is 302 Å². The highest BCUT2D eigenvalue weighted by molar-refractivity contribution is 6.21. The van der Waals surface area contributed by atoms with Gasteiger partial charge in [0.15, 0.2) is 0 Å². The van der Waals surface area contributed by atoms with Gasteiger partial charge in [0.2, 0.25) is 0 Å². The lowest BCUT2D eigenvalue weighted by Crippen LogP contribution is -2.23. The van der Waals surface area contributed by atoms with E-state index in [1.165, 1.54) is 121 Å². The third-order valence-corrected chi connectivity index (χ3v) is 17.2. The van der Waals surface area contributed by atoms with E-state index in [0.717, 1.165) is 28.2 Å². The third-order valence-electron chi connectivity index (χ3n) is 17.2.